The van der Waals surface area contributed by atoms with Crippen LogP contribution in [0.3, 0.4) is 0 Å². The molecule has 1 aromatic carbocycles. The van der Waals surface area contributed by atoms with Crippen LogP contribution >= 0.6 is 0 Å². The summed E-state index contributed by atoms with van der Waals surface area (Å²) in [5.74, 6) is 0.625. The lowest BCUT2D eigenvalue weighted by molar-refractivity contribution is -0.120. The Morgan fingerprint density at radius 3 is 2.12 bits per heavy atom. The number of primary amides is 1. The summed E-state index contributed by atoms with van der Waals surface area (Å²) in [5.41, 5.74) is 5.89. The SMILES string of the molecule is CC.CC(C)(CC=O)CC(N)=O.CCCN(C)C1CC1.CCOCc1ccc(OC2CC2)cc1. The van der Waals surface area contributed by atoms with E-state index in [1.54, 1.807) is 0 Å². The summed E-state index contributed by atoms with van der Waals surface area (Å²) in [6.07, 6.45) is 8.54. The number of nitrogens with two attached hydrogens (primary N) is 1. The van der Waals surface area contributed by atoms with Crippen LogP contribution in [0.25, 0.3) is 0 Å². The van der Waals surface area contributed by atoms with E-state index < -0.39 is 0 Å². The van der Waals surface area contributed by atoms with E-state index in [0.717, 1.165) is 24.7 Å². The monoisotopic (exact) mass is 478 g/mol. The highest BCUT2D eigenvalue weighted by Crippen LogP contribution is 2.27. The van der Waals surface area contributed by atoms with Crippen molar-refractivity contribution in [2.75, 3.05) is 20.2 Å². The summed E-state index contributed by atoms with van der Waals surface area (Å²) in [4.78, 5) is 22.9. The maximum Gasteiger partial charge on any atom is 0.217 e. The molecule has 2 aliphatic rings. The van der Waals surface area contributed by atoms with Crippen LogP contribution in [0.4, 0.5) is 0 Å². The lowest BCUT2D eigenvalue weighted by atomic mass is 9.86. The van der Waals surface area contributed by atoms with Crippen LogP contribution < -0.4 is 10.5 Å². The Bertz CT molecular complexity index is 653. The fraction of sp³-hybridized carbons (Fsp3) is 0.714. The fourth-order valence-electron chi connectivity index (χ4n) is 3.08. The largest absolute Gasteiger partial charge is 0.490 e. The number of hydrogen-bond acceptors (Lipinski definition) is 5. The van der Waals surface area contributed by atoms with Gasteiger partial charge in [-0.2, -0.15) is 0 Å². The Morgan fingerprint density at radius 2 is 1.71 bits per heavy atom. The Kier molecular flexibility index (Phi) is 17.4. The second-order valence-corrected chi connectivity index (χ2v) is 9.49. The predicted molar refractivity (Wildman–Crippen MR) is 141 cm³/mol. The summed E-state index contributed by atoms with van der Waals surface area (Å²) in [7, 11) is 2.22. The van der Waals surface area contributed by atoms with Gasteiger partial charge in [0.2, 0.25) is 5.91 Å². The summed E-state index contributed by atoms with van der Waals surface area (Å²) >= 11 is 0. The second-order valence-electron chi connectivity index (χ2n) is 9.49. The maximum atomic E-state index is 10.4. The number of nitrogens with zero attached hydrogens (tertiary/aromatic N) is 1. The number of carbonyl (C=O) groups excluding carboxylic acids is 2. The van der Waals surface area contributed by atoms with E-state index in [9.17, 15) is 9.59 Å². The van der Waals surface area contributed by atoms with Crippen molar-refractivity contribution in [3.8, 4) is 5.75 Å². The Labute approximate surface area is 208 Å². The molecule has 0 bridgehead atoms. The molecular weight excluding hydrogens is 428 g/mol. The lowest BCUT2D eigenvalue weighted by Crippen LogP contribution is -2.22. The first-order valence-corrected chi connectivity index (χ1v) is 13.0. The van der Waals surface area contributed by atoms with E-state index in [2.05, 4.69) is 31.0 Å². The van der Waals surface area contributed by atoms with Crippen molar-refractivity contribution in [3.63, 3.8) is 0 Å². The molecule has 0 heterocycles. The molecule has 0 unspecified atom stereocenters. The van der Waals surface area contributed by atoms with E-state index >= 15 is 0 Å². The molecule has 0 saturated heterocycles. The minimum Gasteiger partial charge on any atom is -0.490 e. The number of rotatable bonds is 12. The average molecular weight is 479 g/mol. The minimum absolute atomic E-state index is 0.270. The van der Waals surface area contributed by atoms with Gasteiger partial charge in [-0.3, -0.25) is 4.79 Å². The van der Waals surface area contributed by atoms with E-state index in [4.69, 9.17) is 15.2 Å². The third-order valence-electron chi connectivity index (χ3n) is 5.26. The zero-order valence-corrected chi connectivity index (χ0v) is 22.8. The van der Waals surface area contributed by atoms with Gasteiger partial charge >= 0.3 is 0 Å². The highest BCUT2D eigenvalue weighted by atomic mass is 16.5. The molecule has 2 aliphatic carbocycles. The number of ether oxygens (including phenoxy) is 2. The number of carbonyl (C=O) groups is 2. The first kappa shape index (κ1) is 32.1. The Morgan fingerprint density at radius 1 is 1.12 bits per heavy atom. The van der Waals surface area contributed by atoms with Gasteiger partial charge in [0.25, 0.3) is 0 Å². The lowest BCUT2D eigenvalue weighted by Gasteiger charge is -2.18. The van der Waals surface area contributed by atoms with Gasteiger partial charge in [-0.15, -0.1) is 0 Å². The predicted octanol–water partition coefficient (Wildman–Crippen LogP) is 5.76. The Hall–Kier alpha value is -1.92. The minimum atomic E-state index is -0.355. The summed E-state index contributed by atoms with van der Waals surface area (Å²) in [6, 6.07) is 9.12. The van der Waals surface area contributed by atoms with Crippen LogP contribution in [-0.2, 0) is 20.9 Å². The normalized spacial score (nSPS) is 14.5. The molecular formula is C28H50N2O4. The van der Waals surface area contributed by atoms with E-state index in [0.29, 0.717) is 19.1 Å². The molecule has 3 rings (SSSR count). The molecule has 0 atom stereocenters. The molecule has 2 fully saturated rings. The van der Waals surface area contributed by atoms with Crippen LogP contribution in [0, 0.1) is 5.41 Å². The molecule has 2 N–H and O–H groups in total. The van der Waals surface area contributed by atoms with Crippen molar-refractivity contribution in [1.82, 2.24) is 4.90 Å². The van der Waals surface area contributed by atoms with Gasteiger partial charge in [-0.1, -0.05) is 46.8 Å². The van der Waals surface area contributed by atoms with Gasteiger partial charge in [-0.05, 0) is 75.7 Å². The van der Waals surface area contributed by atoms with Crippen molar-refractivity contribution >= 4 is 12.2 Å². The van der Waals surface area contributed by atoms with E-state index in [1.165, 1.54) is 44.2 Å². The molecule has 0 spiro atoms. The summed E-state index contributed by atoms with van der Waals surface area (Å²) in [5, 5.41) is 0. The standard InChI is InChI=1S/C12H16O2.C7H13NO2.C7H15N.C2H6/c1-2-13-9-10-3-5-11(6-4-10)14-12-7-8-12;1-7(2,3-4-9)5-6(8)10;1-3-6-8(2)7-4-5-7;1-2/h3-6,12H,2,7-9H2,1H3;4H,3,5H2,1-2H3,(H2,8,10);7H,3-6H2,1-2H3;1-2H3. The third-order valence-corrected chi connectivity index (χ3v) is 5.26. The topological polar surface area (TPSA) is 81.9 Å². The van der Waals surface area contributed by atoms with E-state index in [1.807, 2.05) is 46.8 Å². The van der Waals surface area contributed by atoms with Gasteiger partial charge in [0, 0.05) is 25.5 Å². The molecule has 196 valence electrons. The van der Waals surface area contributed by atoms with Crippen LogP contribution in [0.15, 0.2) is 24.3 Å². The number of aldehydes is 1. The van der Waals surface area contributed by atoms with Gasteiger partial charge in [0.05, 0.1) is 12.7 Å². The fourth-order valence-corrected chi connectivity index (χ4v) is 3.08. The summed E-state index contributed by atoms with van der Waals surface area (Å²) < 4.78 is 11.0. The number of amides is 1. The molecule has 1 aromatic rings. The second kappa shape index (κ2) is 18.4. The molecule has 34 heavy (non-hydrogen) atoms. The first-order valence-electron chi connectivity index (χ1n) is 13.0. The molecule has 0 radical (unpaired) electrons. The Balaban J connectivity index is 0.000000483. The average Bonchev–Trinajstić information content (AvgIpc) is 3.69. The highest BCUT2D eigenvalue weighted by Gasteiger charge is 2.25. The van der Waals surface area contributed by atoms with Gasteiger partial charge in [-0.25, -0.2) is 0 Å². The number of hydrogen-bond donors (Lipinski definition) is 1. The summed E-state index contributed by atoms with van der Waals surface area (Å²) in [6.45, 7) is 14.7. The molecule has 0 aliphatic heterocycles. The van der Waals surface area contributed by atoms with Crippen molar-refractivity contribution < 1.29 is 19.1 Å². The van der Waals surface area contributed by atoms with Crippen LogP contribution in [0.2, 0.25) is 0 Å². The molecule has 6 nitrogen and oxygen atoms in total. The van der Waals surface area contributed by atoms with Crippen LogP contribution in [0.5, 0.6) is 5.75 Å². The first-order chi connectivity index (χ1) is 16.2. The molecule has 2 saturated carbocycles. The molecule has 0 aromatic heterocycles. The zero-order chi connectivity index (χ0) is 26.0. The molecule has 1 amide bonds. The third kappa shape index (κ3) is 17.5. The van der Waals surface area contributed by atoms with Crippen LogP contribution in [-0.4, -0.2) is 49.4 Å². The van der Waals surface area contributed by atoms with Crippen molar-refractivity contribution in [2.24, 2.45) is 11.1 Å². The smallest absolute Gasteiger partial charge is 0.217 e. The van der Waals surface area contributed by atoms with Gasteiger partial charge < -0.3 is 24.9 Å². The number of benzene rings is 1. The zero-order valence-electron chi connectivity index (χ0n) is 22.8. The van der Waals surface area contributed by atoms with Crippen molar-refractivity contribution in [2.45, 2.75) is 105 Å². The molecule has 6 heteroatoms. The van der Waals surface area contributed by atoms with Crippen LogP contribution in [0.1, 0.15) is 92.1 Å². The van der Waals surface area contributed by atoms with Gasteiger partial charge in [0.15, 0.2) is 0 Å². The maximum absolute atomic E-state index is 10.4. The van der Waals surface area contributed by atoms with Crippen molar-refractivity contribution in [1.29, 1.82) is 0 Å². The van der Waals surface area contributed by atoms with Gasteiger partial charge in [0.1, 0.15) is 12.0 Å². The van der Waals surface area contributed by atoms with E-state index in [-0.39, 0.29) is 17.7 Å². The highest BCUT2D eigenvalue weighted by molar-refractivity contribution is 5.74. The quantitative estimate of drug-likeness (QED) is 0.386. The van der Waals surface area contributed by atoms with Crippen molar-refractivity contribution in [3.05, 3.63) is 29.8 Å².